The molecule has 2 rings (SSSR count). The first-order valence-electron chi connectivity index (χ1n) is 4.66. The lowest BCUT2D eigenvalue weighted by molar-refractivity contribution is 0.151. The molecule has 3 nitrogen and oxygen atoms in total. The highest BCUT2D eigenvalue weighted by Crippen LogP contribution is 2.17. The van der Waals surface area contributed by atoms with E-state index in [-0.39, 0.29) is 0 Å². The van der Waals surface area contributed by atoms with Crippen LogP contribution in [0.2, 0.25) is 0 Å². The zero-order chi connectivity index (χ0) is 10.7. The molecule has 1 N–H and O–H groups in total. The van der Waals surface area contributed by atoms with E-state index in [1.807, 2.05) is 36.5 Å². The molecule has 78 valence electrons. The molecule has 0 radical (unpaired) electrons. The summed E-state index contributed by atoms with van der Waals surface area (Å²) in [5.74, 6) is 0. The Labute approximate surface area is 96.5 Å². The number of hydrogen-bond donors (Lipinski definition) is 1. The van der Waals surface area contributed by atoms with Gasteiger partial charge < -0.3 is 5.11 Å². The first-order valence-corrected chi connectivity index (χ1v) is 5.46. The van der Waals surface area contributed by atoms with Crippen molar-refractivity contribution in [3.05, 3.63) is 52.8 Å². The van der Waals surface area contributed by atoms with Crippen LogP contribution in [0.5, 0.6) is 0 Å². The lowest BCUT2D eigenvalue weighted by atomic mass is 10.1. The molecule has 0 unspecified atom stereocenters. The number of aromatic nitrogens is 2. The van der Waals surface area contributed by atoms with Gasteiger partial charge in [0, 0.05) is 16.9 Å². The maximum absolute atomic E-state index is 9.91. The molecule has 15 heavy (non-hydrogen) atoms. The van der Waals surface area contributed by atoms with Gasteiger partial charge in [-0.15, -0.1) is 0 Å². The Morgan fingerprint density at radius 1 is 1.33 bits per heavy atom. The van der Waals surface area contributed by atoms with Gasteiger partial charge in [0.15, 0.2) is 0 Å². The minimum Gasteiger partial charge on any atom is -0.386 e. The molecule has 1 aromatic heterocycles. The topological polar surface area (TPSA) is 38.0 Å². The summed E-state index contributed by atoms with van der Waals surface area (Å²) in [6, 6.07) is 9.48. The second kappa shape index (κ2) is 4.59. The van der Waals surface area contributed by atoms with E-state index in [2.05, 4.69) is 21.0 Å². The lowest BCUT2D eigenvalue weighted by Crippen LogP contribution is -2.08. The molecule has 0 amide bonds. The highest BCUT2D eigenvalue weighted by Gasteiger charge is 2.07. The van der Waals surface area contributed by atoms with Crippen molar-refractivity contribution in [1.29, 1.82) is 0 Å². The SMILES string of the molecule is O[C@@H](Cn1cccn1)c1ccc(Br)cc1. The molecule has 1 heterocycles. The molecule has 2 aromatic rings. The van der Waals surface area contributed by atoms with Gasteiger partial charge >= 0.3 is 0 Å². The maximum atomic E-state index is 9.91. The number of halogens is 1. The Balaban J connectivity index is 2.08. The summed E-state index contributed by atoms with van der Waals surface area (Å²) in [7, 11) is 0. The van der Waals surface area contributed by atoms with Crippen molar-refractivity contribution in [2.24, 2.45) is 0 Å². The number of aliphatic hydroxyl groups excluding tert-OH is 1. The summed E-state index contributed by atoms with van der Waals surface area (Å²) in [4.78, 5) is 0. The number of aliphatic hydroxyl groups is 1. The molecule has 1 atom stereocenters. The van der Waals surface area contributed by atoms with E-state index in [1.165, 1.54) is 0 Å². The second-order valence-corrected chi connectivity index (χ2v) is 4.21. The highest BCUT2D eigenvalue weighted by atomic mass is 79.9. The highest BCUT2D eigenvalue weighted by molar-refractivity contribution is 9.10. The lowest BCUT2D eigenvalue weighted by Gasteiger charge is -2.10. The number of rotatable bonds is 3. The van der Waals surface area contributed by atoms with Crippen LogP contribution >= 0.6 is 15.9 Å². The first kappa shape index (κ1) is 10.4. The minimum atomic E-state index is -0.516. The van der Waals surface area contributed by atoms with Crippen LogP contribution < -0.4 is 0 Å². The van der Waals surface area contributed by atoms with E-state index < -0.39 is 6.10 Å². The van der Waals surface area contributed by atoms with Gasteiger partial charge in [-0.2, -0.15) is 5.10 Å². The van der Waals surface area contributed by atoms with Gasteiger partial charge in [-0.05, 0) is 23.8 Å². The fraction of sp³-hybridized carbons (Fsp3) is 0.182. The summed E-state index contributed by atoms with van der Waals surface area (Å²) in [6.07, 6.45) is 3.02. The summed E-state index contributed by atoms with van der Waals surface area (Å²) in [5, 5.41) is 14.0. The molecular weight excluding hydrogens is 256 g/mol. The van der Waals surface area contributed by atoms with Crippen molar-refractivity contribution in [3.8, 4) is 0 Å². The zero-order valence-corrected chi connectivity index (χ0v) is 9.63. The molecule has 0 spiro atoms. The molecule has 0 bridgehead atoms. The molecular formula is C11H11BrN2O. The van der Waals surface area contributed by atoms with Crippen molar-refractivity contribution in [2.75, 3.05) is 0 Å². The summed E-state index contributed by atoms with van der Waals surface area (Å²) < 4.78 is 2.73. The van der Waals surface area contributed by atoms with Gasteiger partial charge in [0.2, 0.25) is 0 Å². The van der Waals surface area contributed by atoms with Crippen LogP contribution in [0.4, 0.5) is 0 Å². The van der Waals surface area contributed by atoms with Crippen molar-refractivity contribution < 1.29 is 5.11 Å². The third-order valence-electron chi connectivity index (χ3n) is 2.17. The van der Waals surface area contributed by atoms with Crippen LogP contribution in [0.3, 0.4) is 0 Å². The summed E-state index contributed by atoms with van der Waals surface area (Å²) in [6.45, 7) is 0.481. The average Bonchev–Trinajstić information content (AvgIpc) is 2.71. The Kier molecular flexibility index (Phi) is 3.18. The predicted octanol–water partition coefficient (Wildman–Crippen LogP) is 2.38. The number of hydrogen-bond acceptors (Lipinski definition) is 2. The monoisotopic (exact) mass is 266 g/mol. The fourth-order valence-electron chi connectivity index (χ4n) is 1.38. The summed E-state index contributed by atoms with van der Waals surface area (Å²) >= 11 is 3.36. The minimum absolute atomic E-state index is 0.481. The van der Waals surface area contributed by atoms with Gasteiger partial charge in [-0.3, -0.25) is 4.68 Å². The average molecular weight is 267 g/mol. The third kappa shape index (κ3) is 2.67. The van der Waals surface area contributed by atoms with Crippen LogP contribution in [-0.4, -0.2) is 14.9 Å². The zero-order valence-electron chi connectivity index (χ0n) is 8.05. The van der Waals surface area contributed by atoms with Crippen molar-refractivity contribution in [3.63, 3.8) is 0 Å². The molecule has 4 heteroatoms. The third-order valence-corrected chi connectivity index (χ3v) is 2.70. The largest absolute Gasteiger partial charge is 0.386 e. The van der Waals surface area contributed by atoms with Gasteiger partial charge in [-0.25, -0.2) is 0 Å². The van der Waals surface area contributed by atoms with E-state index in [0.29, 0.717) is 6.54 Å². The normalized spacial score (nSPS) is 12.7. The number of nitrogens with zero attached hydrogens (tertiary/aromatic N) is 2. The Bertz CT molecular complexity index is 411. The molecule has 0 aliphatic carbocycles. The molecule has 1 aromatic carbocycles. The molecule has 0 saturated heterocycles. The van der Waals surface area contributed by atoms with E-state index in [1.54, 1.807) is 10.9 Å². The predicted molar refractivity (Wildman–Crippen MR) is 61.3 cm³/mol. The van der Waals surface area contributed by atoms with Crippen LogP contribution in [0.25, 0.3) is 0 Å². The van der Waals surface area contributed by atoms with Gasteiger partial charge in [-0.1, -0.05) is 28.1 Å². The summed E-state index contributed by atoms with van der Waals surface area (Å²) in [5.41, 5.74) is 0.897. The Morgan fingerprint density at radius 3 is 2.67 bits per heavy atom. The van der Waals surface area contributed by atoms with Crippen molar-refractivity contribution in [1.82, 2.24) is 9.78 Å². The van der Waals surface area contributed by atoms with Gasteiger partial charge in [0.05, 0.1) is 12.6 Å². The maximum Gasteiger partial charge on any atom is 0.0985 e. The second-order valence-electron chi connectivity index (χ2n) is 3.30. The molecule has 0 fully saturated rings. The van der Waals surface area contributed by atoms with Crippen LogP contribution in [0.15, 0.2) is 47.2 Å². The molecule has 0 aliphatic rings. The fourth-order valence-corrected chi connectivity index (χ4v) is 1.64. The smallest absolute Gasteiger partial charge is 0.0985 e. The van der Waals surface area contributed by atoms with Gasteiger partial charge in [0.1, 0.15) is 0 Å². The molecule has 0 aliphatic heterocycles. The van der Waals surface area contributed by atoms with Crippen molar-refractivity contribution in [2.45, 2.75) is 12.6 Å². The quantitative estimate of drug-likeness (QED) is 0.927. The van der Waals surface area contributed by atoms with Gasteiger partial charge in [0.25, 0.3) is 0 Å². The van der Waals surface area contributed by atoms with E-state index >= 15 is 0 Å². The van der Waals surface area contributed by atoms with Crippen LogP contribution in [-0.2, 0) is 6.54 Å². The van der Waals surface area contributed by atoms with Crippen molar-refractivity contribution >= 4 is 15.9 Å². The Morgan fingerprint density at radius 2 is 2.07 bits per heavy atom. The number of benzene rings is 1. The Hall–Kier alpha value is -1.13. The van der Waals surface area contributed by atoms with Crippen LogP contribution in [0.1, 0.15) is 11.7 Å². The van der Waals surface area contributed by atoms with E-state index in [0.717, 1.165) is 10.0 Å². The first-order chi connectivity index (χ1) is 7.25. The van der Waals surface area contributed by atoms with E-state index in [9.17, 15) is 5.11 Å². The standard InChI is InChI=1S/C11H11BrN2O/c12-10-4-2-9(3-5-10)11(15)8-14-7-1-6-13-14/h1-7,11,15H,8H2/t11-/m0/s1. The van der Waals surface area contributed by atoms with E-state index in [4.69, 9.17) is 0 Å². The van der Waals surface area contributed by atoms with Crippen LogP contribution in [0, 0.1) is 0 Å². The molecule has 0 saturated carbocycles.